The highest BCUT2D eigenvalue weighted by Gasteiger charge is 2.22. The second-order valence-corrected chi connectivity index (χ2v) is 3.77. The first kappa shape index (κ1) is 16.7. The molecule has 0 radical (unpaired) electrons. The molecule has 0 bridgehead atoms. The van der Waals surface area contributed by atoms with E-state index in [1.807, 2.05) is 0 Å². The molecule has 0 saturated carbocycles. The van der Waals surface area contributed by atoms with Crippen molar-refractivity contribution in [1.29, 1.82) is 0 Å². The van der Waals surface area contributed by atoms with E-state index in [1.54, 1.807) is 0 Å². The van der Waals surface area contributed by atoms with Gasteiger partial charge in [0.05, 0.1) is 0 Å². The van der Waals surface area contributed by atoms with Crippen molar-refractivity contribution in [2.45, 2.75) is 6.42 Å². The topological polar surface area (TPSA) is 127 Å². The number of rotatable bonds is 7. The number of carboxylic acid groups (broad SMARTS) is 2. The van der Waals surface area contributed by atoms with E-state index in [-0.39, 0.29) is 18.9 Å². The minimum absolute atomic E-state index is 0.0483. The lowest BCUT2D eigenvalue weighted by Crippen LogP contribution is -2.46. The molecule has 0 aromatic carbocycles. The molecule has 0 aromatic heterocycles. The molecule has 0 aliphatic heterocycles. The van der Waals surface area contributed by atoms with Crippen LogP contribution in [0.15, 0.2) is 0 Å². The summed E-state index contributed by atoms with van der Waals surface area (Å²) in [5, 5.41) is 19.6. The van der Waals surface area contributed by atoms with Gasteiger partial charge in [-0.2, -0.15) is 0 Å². The third kappa shape index (κ3) is 6.86. The quantitative estimate of drug-likeness (QED) is 0.527. The SMILES string of the molecule is CNC(=O)CCN(C)C(=O)N(CC(=O)O)CC(=O)O. The predicted molar refractivity (Wildman–Crippen MR) is 63.6 cm³/mol. The molecular weight excluding hydrogens is 258 g/mol. The molecule has 108 valence electrons. The Labute approximate surface area is 109 Å². The van der Waals surface area contributed by atoms with Crippen molar-refractivity contribution < 1.29 is 29.4 Å². The van der Waals surface area contributed by atoms with Crippen LogP contribution < -0.4 is 5.32 Å². The Balaban J connectivity index is 4.54. The Hall–Kier alpha value is -2.32. The Bertz CT molecular complexity index is 354. The van der Waals surface area contributed by atoms with Crippen LogP contribution in [0, 0.1) is 0 Å². The zero-order valence-electron chi connectivity index (χ0n) is 10.8. The van der Waals surface area contributed by atoms with Gasteiger partial charge in [-0.15, -0.1) is 0 Å². The van der Waals surface area contributed by atoms with Gasteiger partial charge in [0.2, 0.25) is 5.91 Å². The third-order valence-electron chi connectivity index (χ3n) is 2.20. The first-order valence-electron chi connectivity index (χ1n) is 5.42. The number of urea groups is 1. The number of carbonyl (C=O) groups excluding carboxylic acids is 2. The van der Waals surface area contributed by atoms with Crippen LogP contribution in [0.2, 0.25) is 0 Å². The molecule has 0 saturated heterocycles. The Morgan fingerprint density at radius 2 is 1.53 bits per heavy atom. The van der Waals surface area contributed by atoms with Crippen LogP contribution in [0.1, 0.15) is 6.42 Å². The monoisotopic (exact) mass is 275 g/mol. The van der Waals surface area contributed by atoms with Gasteiger partial charge >= 0.3 is 18.0 Å². The summed E-state index contributed by atoms with van der Waals surface area (Å²) >= 11 is 0. The molecule has 0 fully saturated rings. The molecule has 0 aliphatic rings. The fourth-order valence-corrected chi connectivity index (χ4v) is 1.25. The standard InChI is InChI=1S/C10H17N3O6/c1-11-7(14)3-4-12(2)10(19)13(5-8(15)16)6-9(17)18/h3-6H2,1-2H3,(H,11,14)(H,15,16)(H,17,18). The number of nitrogens with one attached hydrogen (secondary N) is 1. The number of aliphatic carboxylic acids is 2. The molecule has 0 atom stereocenters. The normalized spacial score (nSPS) is 9.58. The highest BCUT2D eigenvalue weighted by molar-refractivity contribution is 5.84. The largest absolute Gasteiger partial charge is 0.480 e. The maximum absolute atomic E-state index is 11.8. The summed E-state index contributed by atoms with van der Waals surface area (Å²) in [6.07, 6.45) is 0.0483. The first-order valence-corrected chi connectivity index (χ1v) is 5.42. The predicted octanol–water partition coefficient (Wildman–Crippen LogP) is -1.35. The summed E-state index contributed by atoms with van der Waals surface area (Å²) in [6.45, 7) is -1.36. The third-order valence-corrected chi connectivity index (χ3v) is 2.20. The van der Waals surface area contributed by atoms with E-state index in [4.69, 9.17) is 10.2 Å². The first-order chi connectivity index (χ1) is 8.77. The van der Waals surface area contributed by atoms with Crippen LogP contribution in [0.25, 0.3) is 0 Å². The van der Waals surface area contributed by atoms with Gasteiger partial charge in [0.1, 0.15) is 13.1 Å². The van der Waals surface area contributed by atoms with Crippen LogP contribution >= 0.6 is 0 Å². The maximum Gasteiger partial charge on any atom is 0.323 e. The number of carbonyl (C=O) groups is 4. The lowest BCUT2D eigenvalue weighted by molar-refractivity contribution is -0.140. The van der Waals surface area contributed by atoms with Gasteiger partial charge in [-0.25, -0.2) is 4.79 Å². The molecule has 0 aromatic rings. The highest BCUT2D eigenvalue weighted by atomic mass is 16.4. The highest BCUT2D eigenvalue weighted by Crippen LogP contribution is 1.99. The number of hydrogen-bond donors (Lipinski definition) is 3. The van der Waals surface area contributed by atoms with Gasteiger partial charge in [-0.05, 0) is 0 Å². The molecule has 0 rings (SSSR count). The molecule has 0 heterocycles. The lowest BCUT2D eigenvalue weighted by Gasteiger charge is -2.25. The fourth-order valence-electron chi connectivity index (χ4n) is 1.25. The van der Waals surface area contributed by atoms with E-state index < -0.39 is 31.1 Å². The van der Waals surface area contributed by atoms with Crippen molar-refractivity contribution in [3.8, 4) is 0 Å². The van der Waals surface area contributed by atoms with Crippen LogP contribution in [-0.4, -0.2) is 77.6 Å². The van der Waals surface area contributed by atoms with E-state index in [0.29, 0.717) is 4.90 Å². The van der Waals surface area contributed by atoms with Gasteiger partial charge in [0.25, 0.3) is 0 Å². The number of nitrogens with zero attached hydrogens (tertiary/aromatic N) is 2. The van der Waals surface area contributed by atoms with Crippen LogP contribution in [-0.2, 0) is 14.4 Å². The van der Waals surface area contributed by atoms with Crippen LogP contribution in [0.3, 0.4) is 0 Å². The van der Waals surface area contributed by atoms with E-state index in [1.165, 1.54) is 14.1 Å². The minimum Gasteiger partial charge on any atom is -0.480 e. The fraction of sp³-hybridized carbons (Fsp3) is 0.600. The van der Waals surface area contributed by atoms with E-state index in [0.717, 1.165) is 4.90 Å². The zero-order valence-corrected chi connectivity index (χ0v) is 10.8. The molecule has 19 heavy (non-hydrogen) atoms. The van der Waals surface area contributed by atoms with Gasteiger partial charge in [0, 0.05) is 27.1 Å². The Morgan fingerprint density at radius 3 is 1.89 bits per heavy atom. The van der Waals surface area contributed by atoms with Gasteiger partial charge in [-0.3, -0.25) is 14.4 Å². The summed E-state index contributed by atoms with van der Waals surface area (Å²) < 4.78 is 0. The maximum atomic E-state index is 11.8. The van der Waals surface area contributed by atoms with Gasteiger partial charge in [0.15, 0.2) is 0 Å². The van der Waals surface area contributed by atoms with Crippen molar-refractivity contribution in [2.75, 3.05) is 33.7 Å². The zero-order chi connectivity index (χ0) is 15.0. The number of carboxylic acids is 2. The van der Waals surface area contributed by atoms with Crippen molar-refractivity contribution in [3.63, 3.8) is 0 Å². The molecule has 0 unspecified atom stereocenters. The van der Waals surface area contributed by atoms with Crippen molar-refractivity contribution >= 4 is 23.9 Å². The second kappa shape index (κ2) is 7.90. The summed E-state index contributed by atoms with van der Waals surface area (Å²) in [5.41, 5.74) is 0. The Morgan fingerprint density at radius 1 is 1.05 bits per heavy atom. The average molecular weight is 275 g/mol. The van der Waals surface area contributed by atoms with E-state index >= 15 is 0 Å². The molecule has 9 heteroatoms. The average Bonchev–Trinajstić information content (AvgIpc) is 2.32. The van der Waals surface area contributed by atoms with E-state index in [9.17, 15) is 19.2 Å². The minimum atomic E-state index is -1.31. The summed E-state index contributed by atoms with van der Waals surface area (Å²) in [5.74, 6) is -2.90. The molecule has 9 nitrogen and oxygen atoms in total. The summed E-state index contributed by atoms with van der Waals surface area (Å²) in [7, 11) is 2.81. The molecule has 3 amide bonds. The number of amides is 3. The summed E-state index contributed by atoms with van der Waals surface area (Å²) in [4.78, 5) is 45.7. The summed E-state index contributed by atoms with van der Waals surface area (Å²) in [6, 6.07) is -0.756. The lowest BCUT2D eigenvalue weighted by atomic mass is 10.3. The van der Waals surface area contributed by atoms with Gasteiger partial charge < -0.3 is 25.3 Å². The molecule has 3 N–H and O–H groups in total. The van der Waals surface area contributed by atoms with Crippen molar-refractivity contribution in [1.82, 2.24) is 15.1 Å². The second-order valence-electron chi connectivity index (χ2n) is 3.77. The van der Waals surface area contributed by atoms with Crippen molar-refractivity contribution in [3.05, 3.63) is 0 Å². The Kier molecular flexibility index (Phi) is 6.94. The molecule has 0 aliphatic carbocycles. The van der Waals surface area contributed by atoms with Crippen molar-refractivity contribution in [2.24, 2.45) is 0 Å². The molecular formula is C10H17N3O6. The smallest absolute Gasteiger partial charge is 0.323 e. The van der Waals surface area contributed by atoms with Gasteiger partial charge in [-0.1, -0.05) is 0 Å². The van der Waals surface area contributed by atoms with Crippen LogP contribution in [0.5, 0.6) is 0 Å². The van der Waals surface area contributed by atoms with E-state index in [2.05, 4.69) is 5.32 Å². The molecule has 0 spiro atoms. The number of hydrogen-bond acceptors (Lipinski definition) is 4. The van der Waals surface area contributed by atoms with Crippen LogP contribution in [0.4, 0.5) is 4.79 Å².